The van der Waals surface area contributed by atoms with Crippen LogP contribution in [-0.2, 0) is 0 Å². The van der Waals surface area contributed by atoms with Crippen molar-refractivity contribution in [2.45, 2.75) is 0 Å². The Bertz CT molecular complexity index is 2720. The summed E-state index contributed by atoms with van der Waals surface area (Å²) in [6.07, 6.45) is 7.72. The molecule has 47 heavy (non-hydrogen) atoms. The number of nitrogens with zero attached hydrogens (tertiary/aromatic N) is 4. The van der Waals surface area contributed by atoms with Crippen LogP contribution in [0.1, 0.15) is 11.1 Å². The third-order valence-corrected chi connectivity index (χ3v) is 9.21. The summed E-state index contributed by atoms with van der Waals surface area (Å²) in [5, 5.41) is 5.49. The summed E-state index contributed by atoms with van der Waals surface area (Å²) in [4.78, 5) is 14.9. The van der Waals surface area contributed by atoms with Crippen molar-refractivity contribution in [1.82, 2.24) is 19.4 Å². The third-order valence-electron chi connectivity index (χ3n) is 9.21. The Labute approximate surface area is 271 Å². The smallest absolute Gasteiger partial charge is 0.146 e. The molecule has 0 bridgehead atoms. The first kappa shape index (κ1) is 27.0. The van der Waals surface area contributed by atoms with Crippen molar-refractivity contribution in [1.29, 1.82) is 0 Å². The zero-order valence-corrected chi connectivity index (χ0v) is 25.6. The summed E-state index contributed by atoms with van der Waals surface area (Å²) in [7, 11) is 0. The Kier molecular flexibility index (Phi) is 6.09. The fraction of sp³-hybridized carbons (Fsp3) is 0. The third kappa shape index (κ3) is 4.05. The lowest BCUT2D eigenvalue weighted by Crippen LogP contribution is -1.98. The van der Waals surface area contributed by atoms with Gasteiger partial charge in [-0.1, -0.05) is 104 Å². The van der Waals surface area contributed by atoms with Gasteiger partial charge in [-0.25, -0.2) is 4.98 Å². The molecule has 0 aliphatic carbocycles. The van der Waals surface area contributed by atoms with Crippen molar-refractivity contribution >= 4 is 61.3 Å². The van der Waals surface area contributed by atoms with E-state index in [-0.39, 0.29) is 0 Å². The quantitative estimate of drug-likeness (QED) is 0.185. The Hall–Kier alpha value is -6.39. The second-order valence-electron chi connectivity index (χ2n) is 11.7. The van der Waals surface area contributed by atoms with Crippen molar-refractivity contribution < 1.29 is 0 Å². The van der Waals surface area contributed by atoms with Crippen molar-refractivity contribution in [3.05, 3.63) is 158 Å². The van der Waals surface area contributed by atoms with Gasteiger partial charge in [-0.05, 0) is 75.5 Å². The number of pyridine rings is 3. The van der Waals surface area contributed by atoms with Crippen molar-refractivity contribution in [3.8, 4) is 33.6 Å². The number of rotatable bonds is 5. The molecule has 0 spiro atoms. The van der Waals surface area contributed by atoms with Gasteiger partial charge in [-0.15, -0.1) is 0 Å². The zero-order valence-electron chi connectivity index (χ0n) is 25.6. The Morgan fingerprint density at radius 2 is 1.19 bits per heavy atom. The van der Waals surface area contributed by atoms with Gasteiger partial charge in [0.1, 0.15) is 5.65 Å². The van der Waals surface area contributed by atoms with E-state index in [0.29, 0.717) is 0 Å². The number of imidazole rings is 1. The minimum absolute atomic E-state index is 0.865. The van der Waals surface area contributed by atoms with E-state index < -0.39 is 0 Å². The lowest BCUT2D eigenvalue weighted by molar-refractivity contribution is 1.30. The summed E-state index contributed by atoms with van der Waals surface area (Å²) in [5.41, 5.74) is 12.2. The maximum atomic E-state index is 5.15. The predicted octanol–water partition coefficient (Wildman–Crippen LogP) is 11.0. The average Bonchev–Trinajstić information content (AvgIpc) is 3.54. The van der Waals surface area contributed by atoms with Crippen LogP contribution in [0, 0.1) is 0 Å². The summed E-state index contributed by atoms with van der Waals surface area (Å²) in [6.45, 7) is 8.62. The van der Waals surface area contributed by atoms with Crippen LogP contribution >= 0.6 is 0 Å². The van der Waals surface area contributed by atoms with Gasteiger partial charge in [-0.2, -0.15) is 0 Å². The van der Waals surface area contributed by atoms with Crippen molar-refractivity contribution in [2.24, 2.45) is 0 Å². The highest BCUT2D eigenvalue weighted by atomic mass is 15.0. The van der Waals surface area contributed by atoms with Crippen LogP contribution in [-0.4, -0.2) is 19.4 Å². The van der Waals surface area contributed by atoms with E-state index >= 15 is 0 Å². The van der Waals surface area contributed by atoms with Gasteiger partial charge < -0.3 is 0 Å². The molecule has 0 amide bonds. The number of aromatic nitrogens is 4. The van der Waals surface area contributed by atoms with Crippen molar-refractivity contribution in [2.75, 3.05) is 0 Å². The Morgan fingerprint density at radius 3 is 1.98 bits per heavy atom. The first-order valence-corrected chi connectivity index (χ1v) is 15.7. The van der Waals surface area contributed by atoms with Gasteiger partial charge in [0.05, 0.1) is 27.9 Å². The number of para-hydroxylation sites is 3. The second kappa shape index (κ2) is 10.6. The van der Waals surface area contributed by atoms with Gasteiger partial charge in [0.25, 0.3) is 0 Å². The Balaban J connectivity index is 1.36. The van der Waals surface area contributed by atoms with Gasteiger partial charge >= 0.3 is 0 Å². The molecule has 0 radical (unpaired) electrons. The van der Waals surface area contributed by atoms with Crippen LogP contribution in [0.2, 0.25) is 0 Å². The summed E-state index contributed by atoms with van der Waals surface area (Å²) in [5.74, 6) is 0. The lowest BCUT2D eigenvalue weighted by atomic mass is 9.84. The lowest BCUT2D eigenvalue weighted by Gasteiger charge is -2.20. The van der Waals surface area contributed by atoms with E-state index in [9.17, 15) is 0 Å². The number of benzene rings is 5. The number of hydrogen-bond acceptors (Lipinski definition) is 3. The minimum atomic E-state index is 0.865. The molecule has 0 saturated heterocycles. The first-order chi connectivity index (χ1) is 23.2. The van der Waals surface area contributed by atoms with Crippen LogP contribution in [0.15, 0.2) is 147 Å². The molecule has 220 valence electrons. The van der Waals surface area contributed by atoms with Crippen LogP contribution in [0.4, 0.5) is 0 Å². The normalized spacial score (nSPS) is 11.6. The predicted molar refractivity (Wildman–Crippen MR) is 197 cm³/mol. The molecular weight excluding hydrogens is 573 g/mol. The molecule has 0 fully saturated rings. The van der Waals surface area contributed by atoms with E-state index in [2.05, 4.69) is 120 Å². The molecule has 0 N–H and O–H groups in total. The summed E-state index contributed by atoms with van der Waals surface area (Å²) in [6, 6.07) is 42.1. The molecule has 4 heterocycles. The Morgan fingerprint density at radius 1 is 0.511 bits per heavy atom. The summed E-state index contributed by atoms with van der Waals surface area (Å²) < 4.78 is 2.27. The van der Waals surface area contributed by atoms with Crippen molar-refractivity contribution in [3.63, 3.8) is 0 Å². The van der Waals surface area contributed by atoms with E-state index in [1.54, 1.807) is 0 Å². The SMILES string of the molecule is C=Cc1c(C=C)c(-c2cc3c(cn2)c2ccccc2n2c4ccccc4nc32)c2ccccc2c1-c1cccc(-c2ccccn2)c1. The molecule has 0 unspecified atom stereocenters. The molecule has 5 aromatic carbocycles. The second-order valence-corrected chi connectivity index (χ2v) is 11.7. The maximum Gasteiger partial charge on any atom is 0.146 e. The van der Waals surface area contributed by atoms with Crippen LogP contribution in [0.25, 0.3) is 94.9 Å². The molecule has 4 aromatic heterocycles. The number of hydrogen-bond donors (Lipinski definition) is 0. The zero-order chi connectivity index (χ0) is 31.5. The van der Waals surface area contributed by atoms with E-state index in [1.807, 2.05) is 48.8 Å². The van der Waals surface area contributed by atoms with E-state index in [1.165, 1.54) is 0 Å². The molecule has 4 nitrogen and oxygen atoms in total. The molecule has 0 aliphatic heterocycles. The molecule has 9 rings (SSSR count). The highest BCUT2D eigenvalue weighted by Gasteiger charge is 2.21. The largest absolute Gasteiger partial charge is 0.292 e. The monoisotopic (exact) mass is 600 g/mol. The van der Waals surface area contributed by atoms with Gasteiger partial charge in [-0.3, -0.25) is 14.4 Å². The van der Waals surface area contributed by atoms with E-state index in [0.717, 1.165) is 93.9 Å². The van der Waals surface area contributed by atoms with Crippen LogP contribution in [0.3, 0.4) is 0 Å². The molecule has 4 heteroatoms. The van der Waals surface area contributed by atoms with Gasteiger partial charge in [0.2, 0.25) is 0 Å². The average molecular weight is 601 g/mol. The molecule has 0 saturated carbocycles. The highest BCUT2D eigenvalue weighted by molar-refractivity contribution is 6.16. The van der Waals surface area contributed by atoms with Crippen LogP contribution in [0.5, 0.6) is 0 Å². The minimum Gasteiger partial charge on any atom is -0.292 e. The topological polar surface area (TPSA) is 43.1 Å². The number of fused-ring (bicyclic) bond motifs is 9. The molecule has 0 atom stereocenters. The summed E-state index contributed by atoms with van der Waals surface area (Å²) >= 11 is 0. The van der Waals surface area contributed by atoms with Gasteiger partial charge in [0, 0.05) is 39.7 Å². The molecule has 0 aliphatic rings. The molecular formula is C43H28N4. The van der Waals surface area contributed by atoms with Gasteiger partial charge in [0.15, 0.2) is 0 Å². The molecule has 9 aromatic rings. The fourth-order valence-corrected chi connectivity index (χ4v) is 7.20. The fourth-order valence-electron chi connectivity index (χ4n) is 7.20. The standard InChI is InChI=1S/C43H28N4/c1-3-29-30(4-2)42(33-18-6-5-17-32(33)41(29)28-15-13-14-27(24-28)36-19-11-12-23-44-36)38-25-34-35(26-45-38)31-16-7-9-21-39(31)47-40-22-10-8-20-37(40)46-43(34)47/h3-26H,1-2H2. The van der Waals surface area contributed by atoms with Crippen LogP contribution < -0.4 is 0 Å². The maximum absolute atomic E-state index is 5.15. The van der Waals surface area contributed by atoms with E-state index in [4.69, 9.17) is 9.97 Å². The highest BCUT2D eigenvalue weighted by Crippen LogP contribution is 2.44. The first-order valence-electron chi connectivity index (χ1n) is 15.7.